The zero-order chi connectivity index (χ0) is 22.1. The van der Waals surface area contributed by atoms with Gasteiger partial charge in [0.15, 0.2) is 5.16 Å². The van der Waals surface area contributed by atoms with Crippen LogP contribution in [0.25, 0.3) is 11.0 Å². The van der Waals surface area contributed by atoms with Crippen LogP contribution in [0.5, 0.6) is 0 Å². The van der Waals surface area contributed by atoms with Crippen molar-refractivity contribution >= 4 is 44.4 Å². The third kappa shape index (κ3) is 5.03. The van der Waals surface area contributed by atoms with Gasteiger partial charge in [0.05, 0.1) is 21.7 Å². The predicted molar refractivity (Wildman–Crippen MR) is 121 cm³/mol. The van der Waals surface area contributed by atoms with Gasteiger partial charge >= 0.3 is 0 Å². The van der Waals surface area contributed by atoms with Crippen LogP contribution < -0.4 is 10.5 Å². The summed E-state index contributed by atoms with van der Waals surface area (Å²) in [6.07, 6.45) is 0. The van der Waals surface area contributed by atoms with E-state index >= 15 is 0 Å². The van der Waals surface area contributed by atoms with Crippen LogP contribution in [0.3, 0.4) is 0 Å². The van der Waals surface area contributed by atoms with Crippen LogP contribution in [0.2, 0.25) is 0 Å². The number of anilines is 1. The molecule has 0 aliphatic carbocycles. The van der Waals surface area contributed by atoms with Crippen molar-refractivity contribution in [1.82, 2.24) is 9.55 Å². The van der Waals surface area contributed by atoms with Gasteiger partial charge in [-0.05, 0) is 48.2 Å². The van der Waals surface area contributed by atoms with E-state index in [1.807, 2.05) is 35.8 Å². The maximum atomic E-state index is 12.4. The minimum Gasteiger partial charge on any atom is -0.325 e. The SMILES string of the molecule is CCn1c(SCC(=O)Nc2ccc(C(C)(C)C)cc2)nc2cc(S(N)(=O)=O)ccc21. The van der Waals surface area contributed by atoms with Gasteiger partial charge in [-0.2, -0.15) is 0 Å². The molecule has 0 unspecified atom stereocenters. The van der Waals surface area contributed by atoms with Gasteiger partial charge in [0.2, 0.25) is 15.9 Å². The van der Waals surface area contributed by atoms with Gasteiger partial charge < -0.3 is 9.88 Å². The molecular weight excluding hydrogens is 420 g/mol. The van der Waals surface area contributed by atoms with E-state index in [2.05, 4.69) is 31.1 Å². The van der Waals surface area contributed by atoms with Crippen molar-refractivity contribution in [3.63, 3.8) is 0 Å². The Morgan fingerprint density at radius 1 is 1.17 bits per heavy atom. The number of aromatic nitrogens is 2. The number of nitrogens with zero attached hydrogens (tertiary/aromatic N) is 2. The van der Waals surface area contributed by atoms with Crippen LogP contribution in [0.15, 0.2) is 52.5 Å². The Labute approximate surface area is 181 Å². The molecule has 30 heavy (non-hydrogen) atoms. The second kappa shape index (κ2) is 8.41. The van der Waals surface area contributed by atoms with Gasteiger partial charge in [0, 0.05) is 12.2 Å². The number of thioether (sulfide) groups is 1. The molecular formula is C21H26N4O3S2. The summed E-state index contributed by atoms with van der Waals surface area (Å²) in [5, 5.41) is 8.76. The Hall–Kier alpha value is -2.36. The van der Waals surface area contributed by atoms with E-state index in [-0.39, 0.29) is 22.0 Å². The highest BCUT2D eigenvalue weighted by Gasteiger charge is 2.16. The number of imidazole rings is 1. The monoisotopic (exact) mass is 446 g/mol. The van der Waals surface area contributed by atoms with Gasteiger partial charge in [0.1, 0.15) is 0 Å². The first kappa shape index (κ1) is 22.3. The average molecular weight is 447 g/mol. The number of aryl methyl sites for hydroxylation is 1. The number of hydrogen-bond acceptors (Lipinski definition) is 5. The molecule has 2 aromatic carbocycles. The predicted octanol–water partition coefficient (Wildman–Crippen LogP) is 3.73. The topological polar surface area (TPSA) is 107 Å². The summed E-state index contributed by atoms with van der Waals surface area (Å²) in [6, 6.07) is 12.4. The van der Waals surface area contributed by atoms with Crippen molar-refractivity contribution < 1.29 is 13.2 Å². The summed E-state index contributed by atoms with van der Waals surface area (Å²) in [4.78, 5) is 16.9. The first-order valence-corrected chi connectivity index (χ1v) is 12.1. The average Bonchev–Trinajstić information content (AvgIpc) is 3.02. The van der Waals surface area contributed by atoms with Gasteiger partial charge in [-0.15, -0.1) is 0 Å². The smallest absolute Gasteiger partial charge is 0.238 e. The van der Waals surface area contributed by atoms with Crippen LogP contribution in [-0.4, -0.2) is 29.6 Å². The number of fused-ring (bicyclic) bond motifs is 1. The molecule has 0 aliphatic rings. The zero-order valence-corrected chi connectivity index (χ0v) is 19.1. The van der Waals surface area contributed by atoms with Crippen molar-refractivity contribution in [2.45, 2.75) is 49.7 Å². The highest BCUT2D eigenvalue weighted by atomic mass is 32.2. The Morgan fingerprint density at radius 3 is 2.40 bits per heavy atom. The number of hydrogen-bond donors (Lipinski definition) is 2. The third-order valence-corrected chi connectivity index (χ3v) is 6.58. The second-order valence-electron chi connectivity index (χ2n) is 8.00. The third-order valence-electron chi connectivity index (χ3n) is 4.70. The first-order chi connectivity index (χ1) is 14.0. The van der Waals surface area contributed by atoms with Crippen molar-refractivity contribution in [1.29, 1.82) is 0 Å². The van der Waals surface area contributed by atoms with E-state index in [1.165, 1.54) is 29.5 Å². The van der Waals surface area contributed by atoms with E-state index in [1.54, 1.807) is 6.07 Å². The molecule has 9 heteroatoms. The van der Waals surface area contributed by atoms with E-state index < -0.39 is 10.0 Å². The fraction of sp³-hybridized carbons (Fsp3) is 0.333. The maximum absolute atomic E-state index is 12.4. The largest absolute Gasteiger partial charge is 0.325 e. The van der Waals surface area contributed by atoms with Gasteiger partial charge in [-0.25, -0.2) is 18.5 Å². The summed E-state index contributed by atoms with van der Waals surface area (Å²) in [5.41, 5.74) is 3.33. The lowest BCUT2D eigenvalue weighted by atomic mass is 9.87. The Morgan fingerprint density at radius 2 is 1.83 bits per heavy atom. The molecule has 0 radical (unpaired) electrons. The summed E-state index contributed by atoms with van der Waals surface area (Å²) in [6.45, 7) is 9.04. The number of carbonyl (C=O) groups is 1. The quantitative estimate of drug-likeness (QED) is 0.561. The summed E-state index contributed by atoms with van der Waals surface area (Å²) >= 11 is 1.30. The molecule has 0 saturated carbocycles. The molecule has 0 aliphatic heterocycles. The minimum absolute atomic E-state index is 0.0174. The van der Waals surface area contributed by atoms with Crippen molar-refractivity contribution in [3.05, 3.63) is 48.0 Å². The molecule has 1 heterocycles. The number of nitrogens with one attached hydrogen (secondary N) is 1. The van der Waals surface area contributed by atoms with Crippen molar-refractivity contribution in [2.75, 3.05) is 11.1 Å². The summed E-state index contributed by atoms with van der Waals surface area (Å²) in [5.74, 6) is 0.0512. The maximum Gasteiger partial charge on any atom is 0.238 e. The summed E-state index contributed by atoms with van der Waals surface area (Å²) < 4.78 is 25.1. The van der Waals surface area contributed by atoms with Crippen LogP contribution in [0, 0.1) is 0 Å². The molecule has 1 aromatic heterocycles. The van der Waals surface area contributed by atoms with Crippen LogP contribution in [0.4, 0.5) is 5.69 Å². The first-order valence-electron chi connectivity index (χ1n) is 9.55. The molecule has 3 aromatic rings. The summed E-state index contributed by atoms with van der Waals surface area (Å²) in [7, 11) is -3.80. The molecule has 3 N–H and O–H groups in total. The van der Waals surface area contributed by atoms with Crippen molar-refractivity contribution in [2.24, 2.45) is 5.14 Å². The van der Waals surface area contributed by atoms with Crippen LogP contribution in [0.1, 0.15) is 33.3 Å². The number of rotatable bonds is 6. The lowest BCUT2D eigenvalue weighted by Gasteiger charge is -2.19. The zero-order valence-electron chi connectivity index (χ0n) is 17.5. The Bertz CT molecular complexity index is 1180. The van der Waals surface area contributed by atoms with Gasteiger partial charge in [-0.1, -0.05) is 44.7 Å². The standard InChI is InChI=1S/C21H26N4O3S2/c1-5-25-18-11-10-16(30(22,27)28)12-17(18)24-20(25)29-13-19(26)23-15-8-6-14(7-9-15)21(2,3)4/h6-12H,5,13H2,1-4H3,(H,23,26)(H2,22,27,28). The van der Waals surface area contributed by atoms with E-state index in [0.29, 0.717) is 17.2 Å². The highest BCUT2D eigenvalue weighted by Crippen LogP contribution is 2.27. The van der Waals surface area contributed by atoms with Gasteiger partial charge in [0.25, 0.3) is 0 Å². The lowest BCUT2D eigenvalue weighted by Crippen LogP contribution is -2.15. The number of amides is 1. The minimum atomic E-state index is -3.80. The number of carbonyl (C=O) groups excluding carboxylic acids is 1. The Kier molecular flexibility index (Phi) is 6.26. The van der Waals surface area contributed by atoms with E-state index in [0.717, 1.165) is 11.2 Å². The van der Waals surface area contributed by atoms with E-state index in [4.69, 9.17) is 5.14 Å². The number of sulfonamides is 1. The van der Waals surface area contributed by atoms with Crippen LogP contribution >= 0.6 is 11.8 Å². The lowest BCUT2D eigenvalue weighted by molar-refractivity contribution is -0.113. The van der Waals surface area contributed by atoms with Gasteiger partial charge in [-0.3, -0.25) is 4.79 Å². The number of benzene rings is 2. The fourth-order valence-electron chi connectivity index (χ4n) is 3.06. The number of primary sulfonamides is 1. The highest BCUT2D eigenvalue weighted by molar-refractivity contribution is 7.99. The number of nitrogens with two attached hydrogens (primary N) is 1. The molecule has 3 rings (SSSR count). The normalized spacial score (nSPS) is 12.3. The molecule has 7 nitrogen and oxygen atoms in total. The molecule has 0 spiro atoms. The molecule has 0 fully saturated rings. The Balaban J connectivity index is 1.72. The molecule has 0 bridgehead atoms. The van der Waals surface area contributed by atoms with Crippen LogP contribution in [-0.2, 0) is 26.8 Å². The molecule has 0 atom stereocenters. The van der Waals surface area contributed by atoms with E-state index in [9.17, 15) is 13.2 Å². The second-order valence-corrected chi connectivity index (χ2v) is 10.5. The molecule has 160 valence electrons. The molecule has 0 saturated heterocycles. The molecule has 1 amide bonds. The van der Waals surface area contributed by atoms with Crippen molar-refractivity contribution in [3.8, 4) is 0 Å². The fourth-order valence-corrected chi connectivity index (χ4v) is 4.47.